The minimum atomic E-state index is -0.119. The van der Waals surface area contributed by atoms with Crippen molar-refractivity contribution in [3.63, 3.8) is 0 Å². The van der Waals surface area contributed by atoms with Crippen molar-refractivity contribution in [2.24, 2.45) is 0 Å². The zero-order valence-corrected chi connectivity index (χ0v) is 9.98. The molecule has 0 saturated carbocycles. The van der Waals surface area contributed by atoms with Gasteiger partial charge in [-0.05, 0) is 26.0 Å². The number of ether oxygens (including phenoxy) is 2. The molecule has 0 atom stereocenters. The Morgan fingerprint density at radius 2 is 2.00 bits per heavy atom. The highest BCUT2D eigenvalue weighted by Gasteiger charge is 2.06. The van der Waals surface area contributed by atoms with Crippen molar-refractivity contribution in [3.8, 4) is 0 Å². The van der Waals surface area contributed by atoms with Gasteiger partial charge in [-0.15, -0.1) is 0 Å². The molecule has 1 heterocycles. The van der Waals surface area contributed by atoms with Gasteiger partial charge >= 0.3 is 0 Å². The van der Waals surface area contributed by atoms with Crippen LogP contribution >= 0.6 is 0 Å². The summed E-state index contributed by atoms with van der Waals surface area (Å²) in [6.45, 7) is 6.08. The molecule has 4 heteroatoms. The molecule has 0 aliphatic rings. The van der Waals surface area contributed by atoms with Crippen LogP contribution in [0.3, 0.4) is 0 Å². The van der Waals surface area contributed by atoms with Gasteiger partial charge in [-0.2, -0.15) is 0 Å². The van der Waals surface area contributed by atoms with E-state index in [0.29, 0.717) is 13.2 Å². The maximum Gasteiger partial charge on any atom is 0.159 e. The van der Waals surface area contributed by atoms with Gasteiger partial charge in [-0.3, -0.25) is 0 Å². The van der Waals surface area contributed by atoms with Gasteiger partial charge in [0.1, 0.15) is 5.82 Å². The zero-order chi connectivity index (χ0) is 11.6. The predicted octanol–water partition coefficient (Wildman–Crippen LogP) is 2.28. The fraction of sp³-hybridized carbons (Fsp3) is 0.583. The number of nitrogens with one attached hydrogen (secondary N) is 1. The Morgan fingerprint density at radius 3 is 2.56 bits per heavy atom. The van der Waals surface area contributed by atoms with Crippen LogP contribution in [0.5, 0.6) is 0 Å². The third kappa shape index (κ3) is 5.09. The lowest BCUT2D eigenvalue weighted by Crippen LogP contribution is -2.21. The Morgan fingerprint density at radius 1 is 1.25 bits per heavy atom. The number of rotatable bonds is 8. The van der Waals surface area contributed by atoms with Crippen molar-refractivity contribution >= 4 is 5.82 Å². The van der Waals surface area contributed by atoms with E-state index in [0.717, 1.165) is 18.8 Å². The van der Waals surface area contributed by atoms with E-state index in [9.17, 15) is 0 Å². The Labute approximate surface area is 97.0 Å². The van der Waals surface area contributed by atoms with Crippen molar-refractivity contribution in [2.75, 3.05) is 25.1 Å². The van der Waals surface area contributed by atoms with Crippen molar-refractivity contribution in [3.05, 3.63) is 24.4 Å². The topological polar surface area (TPSA) is 43.4 Å². The Hall–Kier alpha value is -1.13. The third-order valence-electron chi connectivity index (χ3n) is 2.06. The lowest BCUT2D eigenvalue weighted by molar-refractivity contribution is -0.137. The number of hydrogen-bond donors (Lipinski definition) is 1. The second kappa shape index (κ2) is 8.07. The second-order valence-corrected chi connectivity index (χ2v) is 3.27. The molecule has 0 saturated heterocycles. The minimum Gasteiger partial charge on any atom is -0.370 e. The first-order valence-corrected chi connectivity index (χ1v) is 5.75. The van der Waals surface area contributed by atoms with Gasteiger partial charge in [0.2, 0.25) is 0 Å². The summed E-state index contributed by atoms with van der Waals surface area (Å²) >= 11 is 0. The van der Waals surface area contributed by atoms with Crippen LogP contribution in [0.15, 0.2) is 24.4 Å². The summed E-state index contributed by atoms with van der Waals surface area (Å²) in [6, 6.07) is 5.79. The molecular formula is C12H20N2O2. The summed E-state index contributed by atoms with van der Waals surface area (Å²) in [5.41, 5.74) is 0. The highest BCUT2D eigenvalue weighted by molar-refractivity contribution is 5.32. The summed E-state index contributed by atoms with van der Waals surface area (Å²) < 4.78 is 10.9. The summed E-state index contributed by atoms with van der Waals surface area (Å²) in [4.78, 5) is 4.17. The first-order chi connectivity index (χ1) is 7.86. The Balaban J connectivity index is 2.22. The number of aromatic nitrogens is 1. The molecule has 0 fully saturated rings. The van der Waals surface area contributed by atoms with E-state index in [2.05, 4.69) is 10.3 Å². The fourth-order valence-electron chi connectivity index (χ4n) is 1.37. The fourth-order valence-corrected chi connectivity index (χ4v) is 1.37. The standard InChI is InChI=1S/C12H20N2O2/c1-3-15-12(16-4-2)8-10-14-11-7-5-6-9-13-11/h5-7,9,12H,3-4,8,10H2,1-2H3,(H,13,14). The number of pyridine rings is 1. The Bertz CT molecular complexity index is 261. The van der Waals surface area contributed by atoms with Gasteiger partial charge in [-0.25, -0.2) is 4.98 Å². The van der Waals surface area contributed by atoms with Crippen LogP contribution in [-0.2, 0) is 9.47 Å². The quantitative estimate of drug-likeness (QED) is 0.688. The van der Waals surface area contributed by atoms with Crippen LogP contribution in [0, 0.1) is 0 Å². The van der Waals surface area contributed by atoms with E-state index < -0.39 is 0 Å². The van der Waals surface area contributed by atoms with Crippen molar-refractivity contribution in [2.45, 2.75) is 26.6 Å². The molecule has 0 aromatic carbocycles. The van der Waals surface area contributed by atoms with E-state index in [1.165, 1.54) is 0 Å². The molecule has 0 radical (unpaired) electrons. The SMILES string of the molecule is CCOC(CCNc1ccccn1)OCC. The summed E-state index contributed by atoms with van der Waals surface area (Å²) in [5.74, 6) is 0.884. The first-order valence-electron chi connectivity index (χ1n) is 5.75. The largest absolute Gasteiger partial charge is 0.370 e. The van der Waals surface area contributed by atoms with E-state index in [4.69, 9.17) is 9.47 Å². The normalized spacial score (nSPS) is 10.7. The molecule has 1 aromatic rings. The monoisotopic (exact) mass is 224 g/mol. The molecule has 0 aliphatic heterocycles. The van der Waals surface area contributed by atoms with E-state index in [-0.39, 0.29) is 6.29 Å². The molecular weight excluding hydrogens is 204 g/mol. The number of nitrogens with zero attached hydrogens (tertiary/aromatic N) is 1. The molecule has 90 valence electrons. The van der Waals surface area contributed by atoms with E-state index in [1.54, 1.807) is 6.20 Å². The summed E-state index contributed by atoms with van der Waals surface area (Å²) in [7, 11) is 0. The number of anilines is 1. The maximum atomic E-state index is 5.44. The van der Waals surface area contributed by atoms with Crippen LogP contribution in [0.4, 0.5) is 5.82 Å². The molecule has 0 bridgehead atoms. The van der Waals surface area contributed by atoms with Gasteiger partial charge in [0, 0.05) is 32.4 Å². The van der Waals surface area contributed by atoms with Crippen LogP contribution < -0.4 is 5.32 Å². The lowest BCUT2D eigenvalue weighted by Gasteiger charge is -2.17. The summed E-state index contributed by atoms with van der Waals surface area (Å²) in [6.07, 6.45) is 2.47. The summed E-state index contributed by atoms with van der Waals surface area (Å²) in [5, 5.41) is 3.22. The van der Waals surface area contributed by atoms with Crippen molar-refractivity contribution in [1.29, 1.82) is 0 Å². The van der Waals surface area contributed by atoms with Crippen LogP contribution in [-0.4, -0.2) is 31.0 Å². The first kappa shape index (κ1) is 12.9. The minimum absolute atomic E-state index is 0.119. The van der Waals surface area contributed by atoms with Gasteiger partial charge < -0.3 is 14.8 Å². The molecule has 0 aliphatic carbocycles. The third-order valence-corrected chi connectivity index (χ3v) is 2.06. The van der Waals surface area contributed by atoms with Crippen LogP contribution in [0.2, 0.25) is 0 Å². The number of hydrogen-bond acceptors (Lipinski definition) is 4. The molecule has 0 amide bonds. The average molecular weight is 224 g/mol. The molecule has 0 spiro atoms. The zero-order valence-electron chi connectivity index (χ0n) is 9.98. The lowest BCUT2D eigenvalue weighted by atomic mass is 10.4. The Kier molecular flexibility index (Phi) is 6.53. The van der Waals surface area contributed by atoms with E-state index >= 15 is 0 Å². The second-order valence-electron chi connectivity index (χ2n) is 3.27. The van der Waals surface area contributed by atoms with Gasteiger partial charge in [-0.1, -0.05) is 6.07 Å². The van der Waals surface area contributed by atoms with Crippen LogP contribution in [0.25, 0.3) is 0 Å². The highest BCUT2D eigenvalue weighted by atomic mass is 16.7. The van der Waals surface area contributed by atoms with Crippen molar-refractivity contribution < 1.29 is 9.47 Å². The molecule has 1 rings (SSSR count). The van der Waals surface area contributed by atoms with Crippen molar-refractivity contribution in [1.82, 2.24) is 4.98 Å². The smallest absolute Gasteiger partial charge is 0.159 e. The average Bonchev–Trinajstić information content (AvgIpc) is 2.31. The molecule has 0 unspecified atom stereocenters. The molecule has 16 heavy (non-hydrogen) atoms. The van der Waals surface area contributed by atoms with Gasteiger partial charge in [0.25, 0.3) is 0 Å². The van der Waals surface area contributed by atoms with Crippen LogP contribution in [0.1, 0.15) is 20.3 Å². The predicted molar refractivity (Wildman–Crippen MR) is 64.4 cm³/mol. The van der Waals surface area contributed by atoms with E-state index in [1.807, 2.05) is 32.0 Å². The molecule has 1 aromatic heterocycles. The van der Waals surface area contributed by atoms with Gasteiger partial charge in [0.15, 0.2) is 6.29 Å². The molecule has 1 N–H and O–H groups in total. The van der Waals surface area contributed by atoms with Gasteiger partial charge in [0.05, 0.1) is 0 Å². The molecule has 4 nitrogen and oxygen atoms in total. The maximum absolute atomic E-state index is 5.44. The highest BCUT2D eigenvalue weighted by Crippen LogP contribution is 2.04.